The Balaban J connectivity index is 1.29. The minimum Gasteiger partial charge on any atom is -0.474 e. The van der Waals surface area contributed by atoms with Crippen LogP contribution in [-0.2, 0) is 25.5 Å². The Bertz CT molecular complexity index is 1890. The molecular weight excluding hydrogens is 730 g/mol. The molecule has 298 valence electrons. The Morgan fingerprint density at radius 1 is 0.982 bits per heavy atom. The van der Waals surface area contributed by atoms with E-state index in [1.807, 2.05) is 81.5 Å². The first kappa shape index (κ1) is 40.8. The zero-order valence-electron chi connectivity index (χ0n) is 33.1. The largest absolute Gasteiger partial charge is 0.474 e. The summed E-state index contributed by atoms with van der Waals surface area (Å²) < 4.78 is 12.4. The number of benzene rings is 2. The van der Waals surface area contributed by atoms with Crippen molar-refractivity contribution in [3.63, 3.8) is 0 Å². The second-order valence-corrected chi connectivity index (χ2v) is 15.9. The second-order valence-electron chi connectivity index (χ2n) is 15.5. The van der Waals surface area contributed by atoms with Gasteiger partial charge in [-0.3, -0.25) is 19.3 Å². The molecule has 4 amide bonds. The van der Waals surface area contributed by atoms with Gasteiger partial charge in [-0.15, -0.1) is 0 Å². The lowest BCUT2D eigenvalue weighted by Crippen LogP contribution is -2.58. The van der Waals surface area contributed by atoms with Crippen molar-refractivity contribution in [2.45, 2.75) is 102 Å². The standard InChI is InChI=1S/C44H54ClN5O6/c1-6-50(44(54)56-39-34-18-13-11-16-32(34)33-17-12-14-19-35(33)39)37-20-10-8-7-9-15-23-48(4)43(53)38(49(5)42(52)36(24-28(2)3)47-40(37)51)26-29-25-30(45)27-46-41(29)55-31-21-22-31/h8,10-14,16-19,25,27-28,31,36-39H,6-7,9,15,20-24,26H2,1-5H3,(H,47,51)/b10-8-/t36-,37-,38-/m0/s1. The molecule has 0 spiro atoms. The number of hydrogen-bond donors (Lipinski definition) is 1. The Labute approximate surface area is 335 Å². The number of nitrogens with one attached hydrogen (secondary N) is 1. The quantitative estimate of drug-likeness (QED) is 0.225. The van der Waals surface area contributed by atoms with E-state index in [1.54, 1.807) is 25.1 Å². The van der Waals surface area contributed by atoms with Crippen LogP contribution in [0.5, 0.6) is 5.88 Å². The maximum absolute atomic E-state index is 14.6. The van der Waals surface area contributed by atoms with E-state index >= 15 is 0 Å². The zero-order chi connectivity index (χ0) is 39.9. The summed E-state index contributed by atoms with van der Waals surface area (Å²) in [5.41, 5.74) is 4.43. The minimum absolute atomic E-state index is 0.0174. The highest BCUT2D eigenvalue weighted by atomic mass is 35.5. The van der Waals surface area contributed by atoms with Gasteiger partial charge in [0.1, 0.15) is 24.2 Å². The predicted octanol–water partition coefficient (Wildman–Crippen LogP) is 7.36. The molecule has 12 heteroatoms. The number of nitrogens with zero attached hydrogens (tertiary/aromatic N) is 4. The zero-order valence-corrected chi connectivity index (χ0v) is 33.8. The van der Waals surface area contributed by atoms with Crippen molar-refractivity contribution in [1.29, 1.82) is 0 Å². The van der Waals surface area contributed by atoms with Crippen LogP contribution < -0.4 is 10.1 Å². The van der Waals surface area contributed by atoms with E-state index in [2.05, 4.69) is 10.3 Å². The monoisotopic (exact) mass is 783 g/mol. The molecule has 3 atom stereocenters. The first-order chi connectivity index (χ1) is 27.0. The number of rotatable bonds is 9. The number of hydrogen-bond acceptors (Lipinski definition) is 7. The molecular formula is C44H54ClN5O6. The molecule has 3 aliphatic rings. The molecule has 1 saturated carbocycles. The molecule has 0 bridgehead atoms. The van der Waals surface area contributed by atoms with Crippen LogP contribution in [-0.4, -0.2) is 94.9 Å². The van der Waals surface area contributed by atoms with Crippen LogP contribution in [0, 0.1) is 5.92 Å². The summed E-state index contributed by atoms with van der Waals surface area (Å²) >= 11 is 6.40. The van der Waals surface area contributed by atoms with Gasteiger partial charge in [0.2, 0.25) is 23.6 Å². The first-order valence-electron chi connectivity index (χ1n) is 19.9. The summed E-state index contributed by atoms with van der Waals surface area (Å²) in [7, 11) is 3.36. The van der Waals surface area contributed by atoms with Gasteiger partial charge in [-0.2, -0.15) is 0 Å². The smallest absolute Gasteiger partial charge is 0.411 e. The van der Waals surface area contributed by atoms with Crippen LogP contribution >= 0.6 is 11.6 Å². The fourth-order valence-electron chi connectivity index (χ4n) is 7.60. The fraction of sp³-hybridized carbons (Fsp3) is 0.477. The third kappa shape index (κ3) is 9.54. The lowest BCUT2D eigenvalue weighted by Gasteiger charge is -2.35. The Morgan fingerprint density at radius 2 is 1.66 bits per heavy atom. The van der Waals surface area contributed by atoms with Gasteiger partial charge in [0.15, 0.2) is 6.10 Å². The van der Waals surface area contributed by atoms with Crippen molar-refractivity contribution in [3.8, 4) is 17.0 Å². The number of likely N-dealkylation sites (N-methyl/N-ethyl adjacent to an activating group) is 3. The number of fused-ring (bicyclic) bond motifs is 3. The molecule has 6 rings (SSSR count). The van der Waals surface area contributed by atoms with Gasteiger partial charge in [0.25, 0.3) is 0 Å². The lowest BCUT2D eigenvalue weighted by molar-refractivity contribution is -0.146. The van der Waals surface area contributed by atoms with Crippen molar-refractivity contribution >= 4 is 35.4 Å². The highest BCUT2D eigenvalue weighted by Crippen LogP contribution is 2.45. The molecule has 1 N–H and O–H groups in total. The van der Waals surface area contributed by atoms with Crippen molar-refractivity contribution in [1.82, 2.24) is 25.0 Å². The predicted molar refractivity (Wildman–Crippen MR) is 216 cm³/mol. The topological polar surface area (TPSA) is 121 Å². The van der Waals surface area contributed by atoms with E-state index in [1.165, 1.54) is 16.0 Å². The maximum atomic E-state index is 14.6. The third-order valence-electron chi connectivity index (χ3n) is 10.8. The van der Waals surface area contributed by atoms with Gasteiger partial charge >= 0.3 is 6.09 Å². The van der Waals surface area contributed by atoms with E-state index in [9.17, 15) is 19.2 Å². The number of carbonyl (C=O) groups is 4. The summed E-state index contributed by atoms with van der Waals surface area (Å²) in [5, 5.41) is 3.42. The Hall–Kier alpha value is -4.90. The molecule has 0 radical (unpaired) electrons. The number of halogens is 1. The number of ether oxygens (including phenoxy) is 2. The summed E-state index contributed by atoms with van der Waals surface area (Å²) in [6, 6.07) is 14.6. The summed E-state index contributed by atoms with van der Waals surface area (Å²) in [5.74, 6) is -0.700. The van der Waals surface area contributed by atoms with Gasteiger partial charge in [-0.05, 0) is 75.0 Å². The number of allylic oxidation sites excluding steroid dienone is 1. The first-order valence-corrected chi connectivity index (χ1v) is 20.3. The van der Waals surface area contributed by atoms with Crippen molar-refractivity contribution in [3.05, 3.63) is 94.7 Å². The maximum Gasteiger partial charge on any atom is 0.411 e. The van der Waals surface area contributed by atoms with Crippen molar-refractivity contribution in [2.75, 3.05) is 27.2 Å². The second kappa shape index (κ2) is 18.4. The number of amides is 4. The molecule has 0 saturated heterocycles. The van der Waals surface area contributed by atoms with Crippen LogP contribution in [0.2, 0.25) is 5.02 Å². The molecule has 1 aliphatic heterocycles. The molecule has 56 heavy (non-hydrogen) atoms. The van der Waals surface area contributed by atoms with Crippen LogP contribution in [0.1, 0.15) is 88.5 Å². The highest BCUT2D eigenvalue weighted by Gasteiger charge is 2.39. The molecule has 1 fully saturated rings. The Morgan fingerprint density at radius 3 is 2.30 bits per heavy atom. The van der Waals surface area contributed by atoms with Crippen LogP contribution in [0.4, 0.5) is 4.79 Å². The summed E-state index contributed by atoms with van der Waals surface area (Å²) in [4.78, 5) is 66.5. The average molecular weight is 784 g/mol. The lowest BCUT2D eigenvalue weighted by atomic mass is 9.99. The van der Waals surface area contributed by atoms with Crippen molar-refractivity contribution < 1.29 is 28.7 Å². The molecule has 2 aromatic carbocycles. The molecule has 0 unspecified atom stereocenters. The fourth-order valence-corrected chi connectivity index (χ4v) is 7.78. The molecule has 2 aliphatic carbocycles. The van der Waals surface area contributed by atoms with Gasteiger partial charge in [0.05, 0.1) is 5.02 Å². The third-order valence-corrected chi connectivity index (χ3v) is 11.0. The molecule has 11 nitrogen and oxygen atoms in total. The van der Waals surface area contributed by atoms with E-state index < -0.39 is 42.1 Å². The highest BCUT2D eigenvalue weighted by molar-refractivity contribution is 6.30. The van der Waals surface area contributed by atoms with Gasteiger partial charge < -0.3 is 24.6 Å². The van der Waals surface area contributed by atoms with Gasteiger partial charge in [0, 0.05) is 56.5 Å². The SMILES string of the molecule is CCN(C(=O)OC1c2ccccc2-c2ccccc21)[C@H]1C/C=C\CCCCN(C)C(=O)[C@H](Cc2cc(Cl)cnc2OC2CC2)N(C)C(=O)[C@H](CC(C)C)NC1=O. The molecule has 1 aromatic heterocycles. The van der Waals surface area contributed by atoms with Crippen LogP contribution in [0.25, 0.3) is 11.1 Å². The number of pyridine rings is 1. The van der Waals surface area contributed by atoms with E-state index in [0.29, 0.717) is 29.4 Å². The van der Waals surface area contributed by atoms with Gasteiger partial charge in [-0.1, -0.05) is 86.1 Å². The van der Waals surface area contributed by atoms with Crippen LogP contribution in [0.15, 0.2) is 72.9 Å². The molecule has 2 heterocycles. The number of carbonyl (C=O) groups excluding carboxylic acids is 4. The normalized spacial score (nSPS) is 21.7. The van der Waals surface area contributed by atoms with Crippen LogP contribution in [0.3, 0.4) is 0 Å². The minimum atomic E-state index is -0.976. The average Bonchev–Trinajstić information content (AvgIpc) is 3.96. The van der Waals surface area contributed by atoms with E-state index in [4.69, 9.17) is 21.1 Å². The molecule has 3 aromatic rings. The number of aromatic nitrogens is 1. The summed E-state index contributed by atoms with van der Waals surface area (Å²) in [6.45, 7) is 6.46. The van der Waals surface area contributed by atoms with Gasteiger partial charge in [-0.25, -0.2) is 9.78 Å². The van der Waals surface area contributed by atoms with E-state index in [0.717, 1.165) is 54.4 Å². The van der Waals surface area contributed by atoms with E-state index in [-0.39, 0.29) is 37.3 Å². The van der Waals surface area contributed by atoms with Crippen molar-refractivity contribution in [2.24, 2.45) is 5.92 Å². The summed E-state index contributed by atoms with van der Waals surface area (Å²) in [6.07, 6.45) is 9.06. The Kier molecular flexibility index (Phi) is 13.4.